The standard InChI is InChI=1S/C16H26N2O4S2/c1-13-8-9-14(2)16(12-13)24(21,22)17-10-11-18(23(3,19)20)15-6-4-5-7-15/h8-9,12,15,17H,4-7,10-11H2,1-3H3. The van der Waals surface area contributed by atoms with Crippen LogP contribution in [-0.2, 0) is 20.0 Å². The molecule has 1 aromatic carbocycles. The van der Waals surface area contributed by atoms with Crippen molar-refractivity contribution in [3.63, 3.8) is 0 Å². The molecule has 0 amide bonds. The first-order valence-electron chi connectivity index (χ1n) is 8.15. The summed E-state index contributed by atoms with van der Waals surface area (Å²) in [6.45, 7) is 3.81. The fourth-order valence-corrected chi connectivity index (χ4v) is 5.70. The molecule has 0 spiro atoms. The minimum atomic E-state index is -3.65. The van der Waals surface area contributed by atoms with Gasteiger partial charge in [0.15, 0.2) is 0 Å². The quantitative estimate of drug-likeness (QED) is 0.789. The highest BCUT2D eigenvalue weighted by Gasteiger charge is 2.29. The van der Waals surface area contributed by atoms with Gasteiger partial charge in [-0.15, -0.1) is 0 Å². The van der Waals surface area contributed by atoms with E-state index in [9.17, 15) is 16.8 Å². The molecule has 1 fully saturated rings. The van der Waals surface area contributed by atoms with Gasteiger partial charge in [0.2, 0.25) is 20.0 Å². The Labute approximate surface area is 145 Å². The summed E-state index contributed by atoms with van der Waals surface area (Å²) < 4.78 is 52.9. The van der Waals surface area contributed by atoms with E-state index in [2.05, 4.69) is 4.72 Å². The van der Waals surface area contributed by atoms with Crippen LogP contribution >= 0.6 is 0 Å². The van der Waals surface area contributed by atoms with Crippen molar-refractivity contribution in [2.24, 2.45) is 0 Å². The summed E-state index contributed by atoms with van der Waals surface area (Å²) in [4.78, 5) is 0.245. The second-order valence-electron chi connectivity index (χ2n) is 6.48. The summed E-state index contributed by atoms with van der Waals surface area (Å²) in [6.07, 6.45) is 4.91. The van der Waals surface area contributed by atoms with Gasteiger partial charge in [0.05, 0.1) is 11.2 Å². The van der Waals surface area contributed by atoms with Gasteiger partial charge in [-0.25, -0.2) is 21.6 Å². The highest BCUT2D eigenvalue weighted by Crippen LogP contribution is 2.25. The lowest BCUT2D eigenvalue weighted by Crippen LogP contribution is -2.43. The Morgan fingerprint density at radius 3 is 2.33 bits per heavy atom. The highest BCUT2D eigenvalue weighted by atomic mass is 32.2. The minimum absolute atomic E-state index is 0.00906. The van der Waals surface area contributed by atoms with Crippen molar-refractivity contribution >= 4 is 20.0 Å². The van der Waals surface area contributed by atoms with E-state index in [0.717, 1.165) is 31.2 Å². The SMILES string of the molecule is Cc1ccc(C)c(S(=O)(=O)NCCN(C2CCCC2)S(C)(=O)=O)c1. The lowest BCUT2D eigenvalue weighted by molar-refractivity contribution is 0.328. The lowest BCUT2D eigenvalue weighted by atomic mass is 10.2. The molecule has 136 valence electrons. The third-order valence-corrected chi connectivity index (χ3v) is 7.35. The third kappa shape index (κ3) is 4.78. The van der Waals surface area contributed by atoms with Crippen molar-refractivity contribution in [3.8, 4) is 0 Å². The van der Waals surface area contributed by atoms with Gasteiger partial charge in [0.1, 0.15) is 0 Å². The molecule has 0 heterocycles. The molecule has 0 aromatic heterocycles. The molecular weight excluding hydrogens is 348 g/mol. The van der Waals surface area contributed by atoms with E-state index in [1.807, 2.05) is 13.0 Å². The van der Waals surface area contributed by atoms with Crippen LogP contribution in [0.3, 0.4) is 0 Å². The van der Waals surface area contributed by atoms with Gasteiger partial charge in [-0.3, -0.25) is 0 Å². The zero-order valence-corrected chi connectivity index (χ0v) is 16.1. The van der Waals surface area contributed by atoms with Crippen LogP contribution in [0.2, 0.25) is 0 Å². The average Bonchev–Trinajstić information content (AvgIpc) is 2.98. The van der Waals surface area contributed by atoms with E-state index in [-0.39, 0.29) is 24.0 Å². The van der Waals surface area contributed by atoms with Gasteiger partial charge in [-0.2, -0.15) is 4.31 Å². The summed E-state index contributed by atoms with van der Waals surface area (Å²) in [5, 5.41) is 0. The van der Waals surface area contributed by atoms with E-state index < -0.39 is 20.0 Å². The molecule has 1 aliphatic rings. The lowest BCUT2D eigenvalue weighted by Gasteiger charge is -2.26. The average molecular weight is 375 g/mol. The van der Waals surface area contributed by atoms with Gasteiger partial charge in [0.25, 0.3) is 0 Å². The van der Waals surface area contributed by atoms with Crippen LogP contribution in [0.1, 0.15) is 36.8 Å². The monoisotopic (exact) mass is 374 g/mol. The molecule has 8 heteroatoms. The molecule has 0 atom stereocenters. The zero-order chi connectivity index (χ0) is 18.0. The summed E-state index contributed by atoms with van der Waals surface area (Å²) in [7, 11) is -7.00. The Morgan fingerprint density at radius 1 is 1.12 bits per heavy atom. The Balaban J connectivity index is 2.07. The van der Waals surface area contributed by atoms with Crippen LogP contribution in [0.15, 0.2) is 23.1 Å². The number of benzene rings is 1. The molecule has 0 aliphatic heterocycles. The van der Waals surface area contributed by atoms with Crippen LogP contribution < -0.4 is 4.72 Å². The largest absolute Gasteiger partial charge is 0.240 e. The molecule has 1 aliphatic carbocycles. The van der Waals surface area contributed by atoms with E-state index in [4.69, 9.17) is 0 Å². The molecule has 0 unspecified atom stereocenters. The summed E-state index contributed by atoms with van der Waals surface area (Å²) in [5.41, 5.74) is 1.54. The van der Waals surface area contributed by atoms with E-state index in [0.29, 0.717) is 5.56 Å². The summed E-state index contributed by atoms with van der Waals surface area (Å²) in [6, 6.07) is 5.25. The number of nitrogens with one attached hydrogen (secondary N) is 1. The molecule has 24 heavy (non-hydrogen) atoms. The number of aryl methyl sites for hydroxylation is 2. The first kappa shape index (κ1) is 19.4. The molecule has 6 nitrogen and oxygen atoms in total. The van der Waals surface area contributed by atoms with Crippen LogP contribution in [0.5, 0.6) is 0 Å². The van der Waals surface area contributed by atoms with Crippen molar-refractivity contribution in [3.05, 3.63) is 29.3 Å². The Hall–Kier alpha value is -0.960. The van der Waals surface area contributed by atoms with Crippen molar-refractivity contribution in [1.82, 2.24) is 9.03 Å². The molecule has 1 N–H and O–H groups in total. The number of nitrogens with zero attached hydrogens (tertiary/aromatic N) is 1. The first-order chi connectivity index (χ1) is 11.1. The normalized spacial score (nSPS) is 16.8. The molecule has 0 bridgehead atoms. The first-order valence-corrected chi connectivity index (χ1v) is 11.5. The van der Waals surface area contributed by atoms with Crippen LogP contribution in [-0.4, -0.2) is 46.5 Å². The Kier molecular flexibility index (Phi) is 6.06. The summed E-state index contributed by atoms with van der Waals surface area (Å²) >= 11 is 0. The fourth-order valence-electron chi connectivity index (χ4n) is 3.18. The topological polar surface area (TPSA) is 83.6 Å². The fraction of sp³-hybridized carbons (Fsp3) is 0.625. The predicted molar refractivity (Wildman–Crippen MR) is 94.9 cm³/mol. The van der Waals surface area contributed by atoms with Crippen molar-refractivity contribution in [2.45, 2.75) is 50.5 Å². The third-order valence-electron chi connectivity index (χ3n) is 4.42. The maximum absolute atomic E-state index is 12.5. The molecule has 1 aromatic rings. The molecule has 0 radical (unpaired) electrons. The van der Waals surface area contributed by atoms with Crippen LogP contribution in [0.25, 0.3) is 0 Å². The molecule has 1 saturated carbocycles. The number of rotatable bonds is 7. The molecular formula is C16H26N2O4S2. The Morgan fingerprint density at radius 2 is 1.75 bits per heavy atom. The number of sulfonamides is 2. The second kappa shape index (κ2) is 7.51. The minimum Gasteiger partial charge on any atom is -0.212 e. The Bertz CT molecular complexity index is 782. The van der Waals surface area contributed by atoms with E-state index in [1.165, 1.54) is 10.6 Å². The number of hydrogen-bond donors (Lipinski definition) is 1. The maximum atomic E-state index is 12.5. The highest BCUT2D eigenvalue weighted by molar-refractivity contribution is 7.89. The van der Waals surface area contributed by atoms with Crippen molar-refractivity contribution in [1.29, 1.82) is 0 Å². The molecule has 0 saturated heterocycles. The molecule has 2 rings (SSSR count). The van der Waals surface area contributed by atoms with Gasteiger partial charge >= 0.3 is 0 Å². The maximum Gasteiger partial charge on any atom is 0.240 e. The van der Waals surface area contributed by atoms with Crippen LogP contribution in [0.4, 0.5) is 0 Å². The second-order valence-corrected chi connectivity index (χ2v) is 10.1. The van der Waals surface area contributed by atoms with Crippen molar-refractivity contribution in [2.75, 3.05) is 19.3 Å². The van der Waals surface area contributed by atoms with Gasteiger partial charge in [0, 0.05) is 19.1 Å². The van der Waals surface area contributed by atoms with Gasteiger partial charge < -0.3 is 0 Å². The van der Waals surface area contributed by atoms with E-state index >= 15 is 0 Å². The number of hydrogen-bond acceptors (Lipinski definition) is 4. The predicted octanol–water partition coefficient (Wildman–Crippen LogP) is 1.79. The smallest absolute Gasteiger partial charge is 0.212 e. The van der Waals surface area contributed by atoms with Crippen molar-refractivity contribution < 1.29 is 16.8 Å². The van der Waals surface area contributed by atoms with Crippen LogP contribution in [0, 0.1) is 13.8 Å². The zero-order valence-electron chi connectivity index (χ0n) is 14.4. The van der Waals surface area contributed by atoms with E-state index in [1.54, 1.807) is 19.1 Å². The van der Waals surface area contributed by atoms with Gasteiger partial charge in [-0.05, 0) is 43.9 Å². The summed E-state index contributed by atoms with van der Waals surface area (Å²) in [5.74, 6) is 0. The van der Waals surface area contributed by atoms with Gasteiger partial charge in [-0.1, -0.05) is 25.0 Å².